The number of fused-ring (bicyclic) bond motifs is 6. The van der Waals surface area contributed by atoms with Crippen molar-refractivity contribution in [1.82, 2.24) is 15.1 Å². The average Bonchev–Trinajstić information content (AvgIpc) is 3.37. The van der Waals surface area contributed by atoms with Gasteiger partial charge in [0.25, 0.3) is 23.6 Å². The number of imide groups is 2. The maximum Gasteiger partial charge on any atom is 0.263 e. The van der Waals surface area contributed by atoms with Gasteiger partial charge in [0.2, 0.25) is 0 Å². The standard InChI is InChI=1S/C31H28N4O4/c32-16-5-6-17-33-18-15-25(34-28(36)23-13-11-19-7-1-3-9-21(19)26(23)30(34)38)35-29(37)24-14-12-20-8-2-4-10-22(20)27(24)31(35)39/h1-4,7-14,25,33H,5-6,15-18,32H2. The Morgan fingerprint density at radius 3 is 1.64 bits per heavy atom. The van der Waals surface area contributed by atoms with E-state index in [0.29, 0.717) is 41.5 Å². The highest BCUT2D eigenvalue weighted by Crippen LogP contribution is 2.37. The van der Waals surface area contributed by atoms with E-state index < -0.39 is 29.8 Å². The van der Waals surface area contributed by atoms with Gasteiger partial charge in [-0.05, 0) is 72.6 Å². The molecule has 2 aliphatic heterocycles. The minimum Gasteiger partial charge on any atom is -0.330 e. The summed E-state index contributed by atoms with van der Waals surface area (Å²) < 4.78 is 0. The summed E-state index contributed by atoms with van der Waals surface area (Å²) in [5.74, 6) is -2.01. The van der Waals surface area contributed by atoms with Gasteiger partial charge in [-0.2, -0.15) is 0 Å². The van der Waals surface area contributed by atoms with Crippen molar-refractivity contribution in [2.45, 2.75) is 25.4 Å². The van der Waals surface area contributed by atoms with Crippen LogP contribution in [0, 0.1) is 0 Å². The van der Waals surface area contributed by atoms with Crippen LogP contribution in [0.15, 0.2) is 72.8 Å². The number of amides is 4. The molecule has 4 aromatic rings. The maximum atomic E-state index is 13.9. The van der Waals surface area contributed by atoms with Gasteiger partial charge in [-0.15, -0.1) is 0 Å². The predicted molar refractivity (Wildman–Crippen MR) is 148 cm³/mol. The fraction of sp³-hybridized carbons (Fsp3) is 0.226. The lowest BCUT2D eigenvalue weighted by molar-refractivity contribution is 0.0275. The molecule has 8 nitrogen and oxygen atoms in total. The Morgan fingerprint density at radius 1 is 0.615 bits per heavy atom. The van der Waals surface area contributed by atoms with Gasteiger partial charge >= 0.3 is 0 Å². The van der Waals surface area contributed by atoms with E-state index >= 15 is 0 Å². The van der Waals surface area contributed by atoms with E-state index in [1.165, 1.54) is 0 Å². The number of rotatable bonds is 9. The van der Waals surface area contributed by atoms with Crippen LogP contribution in [-0.2, 0) is 0 Å². The van der Waals surface area contributed by atoms with Crippen LogP contribution in [0.25, 0.3) is 21.5 Å². The number of hydrogen-bond acceptors (Lipinski definition) is 6. The van der Waals surface area contributed by atoms with Gasteiger partial charge < -0.3 is 11.1 Å². The molecule has 39 heavy (non-hydrogen) atoms. The Kier molecular flexibility index (Phi) is 6.42. The second kappa shape index (κ2) is 10.1. The smallest absolute Gasteiger partial charge is 0.263 e. The summed E-state index contributed by atoms with van der Waals surface area (Å²) in [4.78, 5) is 57.5. The molecule has 4 amide bonds. The van der Waals surface area contributed by atoms with Crippen LogP contribution in [0.4, 0.5) is 0 Å². The van der Waals surface area contributed by atoms with Gasteiger partial charge in [-0.25, -0.2) is 0 Å². The van der Waals surface area contributed by atoms with Crippen molar-refractivity contribution in [3.63, 3.8) is 0 Å². The van der Waals surface area contributed by atoms with Gasteiger partial charge in [0.15, 0.2) is 0 Å². The number of unbranched alkanes of at least 4 members (excludes halogenated alkanes) is 1. The molecule has 4 aromatic carbocycles. The van der Waals surface area contributed by atoms with Crippen molar-refractivity contribution >= 4 is 45.2 Å². The number of hydrogen-bond donors (Lipinski definition) is 2. The predicted octanol–water partition coefficient (Wildman–Crippen LogP) is 3.93. The topological polar surface area (TPSA) is 113 Å². The van der Waals surface area contributed by atoms with E-state index in [1.807, 2.05) is 60.7 Å². The molecule has 0 radical (unpaired) electrons. The minimum atomic E-state index is -1.08. The first-order chi connectivity index (χ1) is 19.0. The molecule has 0 saturated heterocycles. The highest BCUT2D eigenvalue weighted by molar-refractivity contribution is 6.29. The van der Waals surface area contributed by atoms with E-state index in [-0.39, 0.29) is 17.5 Å². The third-order valence-corrected chi connectivity index (χ3v) is 7.60. The molecular weight excluding hydrogens is 492 g/mol. The molecule has 0 spiro atoms. The van der Waals surface area contributed by atoms with Crippen LogP contribution in [0.2, 0.25) is 0 Å². The number of carbonyl (C=O) groups excluding carboxylic acids is 4. The normalized spacial score (nSPS) is 14.8. The third-order valence-electron chi connectivity index (χ3n) is 7.60. The molecule has 0 aliphatic carbocycles. The molecule has 196 valence electrons. The fourth-order valence-electron chi connectivity index (χ4n) is 5.71. The minimum absolute atomic E-state index is 0.204. The molecule has 0 unspecified atom stereocenters. The zero-order valence-corrected chi connectivity index (χ0v) is 21.4. The van der Waals surface area contributed by atoms with Crippen molar-refractivity contribution in [1.29, 1.82) is 0 Å². The first kappa shape index (κ1) is 24.9. The second-order valence-electron chi connectivity index (χ2n) is 9.89. The van der Waals surface area contributed by atoms with Crippen LogP contribution >= 0.6 is 0 Å². The van der Waals surface area contributed by atoms with Crippen LogP contribution in [-0.4, -0.2) is 59.2 Å². The quantitative estimate of drug-likeness (QED) is 0.255. The average molecular weight is 521 g/mol. The highest BCUT2D eigenvalue weighted by atomic mass is 16.2. The monoisotopic (exact) mass is 520 g/mol. The summed E-state index contributed by atoms with van der Waals surface area (Å²) in [6.07, 6.45) is 0.867. The van der Waals surface area contributed by atoms with Crippen LogP contribution in [0.5, 0.6) is 0 Å². The summed E-state index contributed by atoms with van der Waals surface area (Å²) in [7, 11) is 0. The molecule has 3 N–H and O–H groups in total. The molecule has 6 rings (SSSR count). The Morgan fingerprint density at radius 2 is 1.13 bits per heavy atom. The van der Waals surface area contributed by atoms with Crippen molar-refractivity contribution in [2.24, 2.45) is 5.73 Å². The molecule has 2 aliphatic rings. The first-order valence-corrected chi connectivity index (χ1v) is 13.2. The Labute approximate surface area is 225 Å². The summed E-state index contributed by atoms with van der Waals surface area (Å²) >= 11 is 0. The van der Waals surface area contributed by atoms with E-state index in [0.717, 1.165) is 33.4 Å². The van der Waals surface area contributed by atoms with E-state index in [2.05, 4.69) is 5.32 Å². The van der Waals surface area contributed by atoms with Gasteiger partial charge in [-0.3, -0.25) is 29.0 Å². The Bertz CT molecular complexity index is 1550. The molecule has 0 fully saturated rings. The molecule has 0 bridgehead atoms. The van der Waals surface area contributed by atoms with Gasteiger partial charge in [-0.1, -0.05) is 60.7 Å². The molecular formula is C31H28N4O4. The Hall–Kier alpha value is -4.40. The maximum absolute atomic E-state index is 13.9. The molecule has 0 saturated carbocycles. The number of benzene rings is 4. The van der Waals surface area contributed by atoms with Crippen LogP contribution in [0.1, 0.15) is 60.7 Å². The first-order valence-electron chi connectivity index (χ1n) is 13.2. The van der Waals surface area contributed by atoms with Crippen molar-refractivity contribution in [2.75, 3.05) is 19.6 Å². The molecule has 8 heteroatoms. The lowest BCUT2D eigenvalue weighted by Crippen LogP contribution is -2.54. The molecule has 0 aromatic heterocycles. The number of nitrogens with one attached hydrogen (secondary N) is 1. The summed E-state index contributed by atoms with van der Waals surface area (Å²) in [6, 6.07) is 21.7. The zero-order chi connectivity index (χ0) is 27.1. The van der Waals surface area contributed by atoms with Crippen molar-refractivity contribution < 1.29 is 19.2 Å². The summed E-state index contributed by atoms with van der Waals surface area (Å²) in [6.45, 7) is 1.69. The Balaban J connectivity index is 1.40. The lowest BCUT2D eigenvalue weighted by Gasteiger charge is -2.32. The van der Waals surface area contributed by atoms with Crippen molar-refractivity contribution in [3.05, 3.63) is 95.1 Å². The third kappa shape index (κ3) is 4.00. The van der Waals surface area contributed by atoms with E-state index in [4.69, 9.17) is 5.73 Å². The fourth-order valence-corrected chi connectivity index (χ4v) is 5.71. The summed E-state index contributed by atoms with van der Waals surface area (Å²) in [5.41, 5.74) is 6.76. The zero-order valence-electron chi connectivity index (χ0n) is 21.4. The highest BCUT2D eigenvalue weighted by Gasteiger charge is 2.49. The number of carbonyl (C=O) groups is 4. The molecule has 0 atom stereocenters. The SMILES string of the molecule is NCCCCNCCC(N1C(=O)c2ccc3ccccc3c2C1=O)N1C(=O)c2ccc3ccccc3c2C1=O. The van der Waals surface area contributed by atoms with Crippen LogP contribution < -0.4 is 11.1 Å². The summed E-state index contributed by atoms with van der Waals surface area (Å²) in [5, 5.41) is 6.32. The van der Waals surface area contributed by atoms with Gasteiger partial charge in [0.1, 0.15) is 6.17 Å². The van der Waals surface area contributed by atoms with Gasteiger partial charge in [0.05, 0.1) is 22.3 Å². The van der Waals surface area contributed by atoms with Crippen LogP contribution in [0.3, 0.4) is 0 Å². The second-order valence-corrected chi connectivity index (χ2v) is 9.89. The van der Waals surface area contributed by atoms with E-state index in [1.54, 1.807) is 12.1 Å². The van der Waals surface area contributed by atoms with Crippen molar-refractivity contribution in [3.8, 4) is 0 Å². The number of nitrogens with zero attached hydrogens (tertiary/aromatic N) is 2. The van der Waals surface area contributed by atoms with E-state index in [9.17, 15) is 19.2 Å². The largest absolute Gasteiger partial charge is 0.330 e. The lowest BCUT2D eigenvalue weighted by atomic mass is 10.0. The molecule has 2 heterocycles. The van der Waals surface area contributed by atoms with Gasteiger partial charge in [0, 0.05) is 0 Å². The number of nitrogens with two attached hydrogens (primary N) is 1.